The number of carbonyl (C=O) groups excluding carboxylic acids is 2. The minimum absolute atomic E-state index is 0.194. The summed E-state index contributed by atoms with van der Waals surface area (Å²) in [5.41, 5.74) is 1.57. The topological polar surface area (TPSA) is 58.2 Å². The van der Waals surface area contributed by atoms with Gasteiger partial charge in [0.1, 0.15) is 0 Å². The molecule has 0 aliphatic heterocycles. The SMILES string of the molecule is Cc1cc(Br)ccc1NC(=O)C(=O)NC1CC1. The second-order valence-electron chi connectivity index (χ2n) is 4.16. The van der Waals surface area contributed by atoms with Gasteiger partial charge in [0.25, 0.3) is 0 Å². The lowest BCUT2D eigenvalue weighted by atomic mass is 10.2. The third-order valence-electron chi connectivity index (χ3n) is 2.56. The highest BCUT2D eigenvalue weighted by Gasteiger charge is 2.26. The van der Waals surface area contributed by atoms with Gasteiger partial charge in [-0.2, -0.15) is 0 Å². The van der Waals surface area contributed by atoms with Crippen LogP contribution in [0.3, 0.4) is 0 Å². The summed E-state index contributed by atoms with van der Waals surface area (Å²) in [6.45, 7) is 1.87. The molecule has 0 bridgehead atoms. The van der Waals surface area contributed by atoms with Crippen LogP contribution in [-0.2, 0) is 9.59 Å². The average molecular weight is 297 g/mol. The van der Waals surface area contributed by atoms with Crippen molar-refractivity contribution in [2.24, 2.45) is 0 Å². The quantitative estimate of drug-likeness (QED) is 0.820. The van der Waals surface area contributed by atoms with E-state index in [4.69, 9.17) is 0 Å². The Labute approximate surface area is 108 Å². The predicted molar refractivity (Wildman–Crippen MR) is 68.7 cm³/mol. The van der Waals surface area contributed by atoms with E-state index in [1.807, 2.05) is 19.1 Å². The molecule has 1 aliphatic carbocycles. The Morgan fingerprint density at radius 3 is 2.59 bits per heavy atom. The van der Waals surface area contributed by atoms with Gasteiger partial charge in [0.05, 0.1) is 0 Å². The molecule has 90 valence electrons. The normalized spacial score (nSPS) is 14.2. The number of rotatable bonds is 2. The van der Waals surface area contributed by atoms with Crippen LogP contribution in [0.15, 0.2) is 22.7 Å². The first kappa shape index (κ1) is 12.1. The van der Waals surface area contributed by atoms with E-state index in [0.29, 0.717) is 5.69 Å². The average Bonchev–Trinajstić information content (AvgIpc) is 3.06. The van der Waals surface area contributed by atoms with Crippen molar-refractivity contribution in [1.82, 2.24) is 5.32 Å². The second-order valence-corrected chi connectivity index (χ2v) is 5.08. The summed E-state index contributed by atoms with van der Waals surface area (Å²) in [5, 5.41) is 5.24. The first-order valence-electron chi connectivity index (χ1n) is 5.44. The molecule has 2 amide bonds. The van der Waals surface area contributed by atoms with Crippen molar-refractivity contribution in [2.45, 2.75) is 25.8 Å². The van der Waals surface area contributed by atoms with Gasteiger partial charge in [-0.3, -0.25) is 9.59 Å². The summed E-state index contributed by atoms with van der Waals surface area (Å²) in [6.07, 6.45) is 1.94. The van der Waals surface area contributed by atoms with E-state index in [1.54, 1.807) is 6.07 Å². The van der Waals surface area contributed by atoms with Gasteiger partial charge >= 0.3 is 11.8 Å². The molecule has 0 radical (unpaired) electrons. The fourth-order valence-electron chi connectivity index (χ4n) is 1.43. The molecule has 5 heteroatoms. The lowest BCUT2D eigenvalue weighted by molar-refractivity contribution is -0.136. The van der Waals surface area contributed by atoms with Gasteiger partial charge in [0.15, 0.2) is 0 Å². The van der Waals surface area contributed by atoms with E-state index in [2.05, 4.69) is 26.6 Å². The summed E-state index contributed by atoms with van der Waals surface area (Å²) < 4.78 is 0.940. The Kier molecular flexibility index (Phi) is 3.47. The van der Waals surface area contributed by atoms with E-state index >= 15 is 0 Å². The maximum absolute atomic E-state index is 11.6. The highest BCUT2D eigenvalue weighted by Crippen LogP contribution is 2.20. The third kappa shape index (κ3) is 3.30. The van der Waals surface area contributed by atoms with Gasteiger partial charge < -0.3 is 10.6 Å². The predicted octanol–water partition coefficient (Wildman–Crippen LogP) is 1.97. The minimum Gasteiger partial charge on any atom is -0.345 e. The molecule has 0 saturated heterocycles. The van der Waals surface area contributed by atoms with Crippen molar-refractivity contribution in [1.29, 1.82) is 0 Å². The number of carbonyl (C=O) groups is 2. The molecule has 0 spiro atoms. The van der Waals surface area contributed by atoms with Crippen LogP contribution in [0.1, 0.15) is 18.4 Å². The van der Waals surface area contributed by atoms with Crippen molar-refractivity contribution in [2.75, 3.05) is 5.32 Å². The summed E-state index contributed by atoms with van der Waals surface area (Å²) in [5.74, 6) is -1.17. The molecule has 1 aromatic carbocycles. The van der Waals surface area contributed by atoms with Crippen LogP contribution in [0.5, 0.6) is 0 Å². The molecule has 1 fully saturated rings. The number of anilines is 1. The Morgan fingerprint density at radius 2 is 2.00 bits per heavy atom. The van der Waals surface area contributed by atoms with Gasteiger partial charge in [-0.1, -0.05) is 15.9 Å². The highest BCUT2D eigenvalue weighted by atomic mass is 79.9. The van der Waals surface area contributed by atoms with Gasteiger partial charge in [-0.25, -0.2) is 0 Å². The monoisotopic (exact) mass is 296 g/mol. The fourth-order valence-corrected chi connectivity index (χ4v) is 1.90. The summed E-state index contributed by atoms with van der Waals surface area (Å²) >= 11 is 3.34. The number of amides is 2. The number of aryl methyl sites for hydroxylation is 1. The molecule has 0 atom stereocenters. The number of benzene rings is 1. The van der Waals surface area contributed by atoms with Crippen molar-refractivity contribution in [3.8, 4) is 0 Å². The van der Waals surface area contributed by atoms with Crippen LogP contribution in [0.4, 0.5) is 5.69 Å². The van der Waals surface area contributed by atoms with Crippen LogP contribution < -0.4 is 10.6 Å². The van der Waals surface area contributed by atoms with Crippen LogP contribution in [0, 0.1) is 6.92 Å². The Hall–Kier alpha value is -1.36. The zero-order valence-corrected chi connectivity index (χ0v) is 11.0. The van der Waals surface area contributed by atoms with E-state index in [1.165, 1.54) is 0 Å². The zero-order chi connectivity index (χ0) is 12.4. The van der Waals surface area contributed by atoms with E-state index < -0.39 is 11.8 Å². The first-order valence-corrected chi connectivity index (χ1v) is 6.23. The largest absolute Gasteiger partial charge is 0.345 e. The number of hydrogen-bond donors (Lipinski definition) is 2. The van der Waals surface area contributed by atoms with Crippen LogP contribution >= 0.6 is 15.9 Å². The number of nitrogens with one attached hydrogen (secondary N) is 2. The molecular weight excluding hydrogens is 284 g/mol. The van der Waals surface area contributed by atoms with E-state index in [0.717, 1.165) is 22.9 Å². The molecule has 17 heavy (non-hydrogen) atoms. The summed E-state index contributed by atoms with van der Waals surface area (Å²) in [4.78, 5) is 23.0. The van der Waals surface area contributed by atoms with Crippen molar-refractivity contribution in [3.05, 3.63) is 28.2 Å². The molecule has 1 saturated carbocycles. The first-order chi connectivity index (χ1) is 8.06. The lowest BCUT2D eigenvalue weighted by Crippen LogP contribution is -2.36. The number of halogens is 1. The molecule has 0 unspecified atom stereocenters. The van der Waals surface area contributed by atoms with Crippen molar-refractivity contribution < 1.29 is 9.59 Å². The van der Waals surface area contributed by atoms with Crippen molar-refractivity contribution >= 4 is 33.4 Å². The number of hydrogen-bond acceptors (Lipinski definition) is 2. The van der Waals surface area contributed by atoms with Gasteiger partial charge in [-0.15, -0.1) is 0 Å². The van der Waals surface area contributed by atoms with Crippen LogP contribution in [0.2, 0.25) is 0 Å². The molecule has 2 rings (SSSR count). The van der Waals surface area contributed by atoms with Gasteiger partial charge in [-0.05, 0) is 43.5 Å². The molecule has 0 heterocycles. The maximum Gasteiger partial charge on any atom is 0.313 e. The van der Waals surface area contributed by atoms with Crippen LogP contribution in [0.25, 0.3) is 0 Å². The molecule has 1 aliphatic rings. The molecule has 1 aromatic rings. The standard InChI is InChI=1S/C12H13BrN2O2/c1-7-6-8(13)2-5-10(7)15-12(17)11(16)14-9-3-4-9/h2,5-6,9H,3-4H2,1H3,(H,14,16)(H,15,17). The molecule has 4 nitrogen and oxygen atoms in total. The third-order valence-corrected chi connectivity index (χ3v) is 3.05. The second kappa shape index (κ2) is 4.87. The summed E-state index contributed by atoms with van der Waals surface area (Å²) in [7, 11) is 0. The smallest absolute Gasteiger partial charge is 0.313 e. The van der Waals surface area contributed by atoms with Crippen LogP contribution in [-0.4, -0.2) is 17.9 Å². The maximum atomic E-state index is 11.6. The summed E-state index contributed by atoms with van der Waals surface area (Å²) in [6, 6.07) is 5.66. The fraction of sp³-hybridized carbons (Fsp3) is 0.333. The molecular formula is C12H13BrN2O2. The van der Waals surface area contributed by atoms with Gasteiger partial charge in [0, 0.05) is 16.2 Å². The van der Waals surface area contributed by atoms with E-state index in [-0.39, 0.29) is 6.04 Å². The zero-order valence-electron chi connectivity index (χ0n) is 9.42. The minimum atomic E-state index is -0.609. The Bertz CT molecular complexity index is 470. The Morgan fingerprint density at radius 1 is 1.29 bits per heavy atom. The molecule has 2 N–H and O–H groups in total. The molecule has 0 aromatic heterocycles. The van der Waals surface area contributed by atoms with E-state index in [9.17, 15) is 9.59 Å². The van der Waals surface area contributed by atoms with Gasteiger partial charge in [0.2, 0.25) is 0 Å². The lowest BCUT2D eigenvalue weighted by Gasteiger charge is -2.08. The highest BCUT2D eigenvalue weighted by molar-refractivity contribution is 9.10. The Balaban J connectivity index is 1.99. The van der Waals surface area contributed by atoms with Crippen molar-refractivity contribution in [3.63, 3.8) is 0 Å².